The molecule has 2 aromatic carbocycles. The lowest BCUT2D eigenvalue weighted by atomic mass is 10.1. The number of benzene rings is 2. The van der Waals surface area contributed by atoms with Crippen molar-refractivity contribution >= 4 is 49.7 Å². The summed E-state index contributed by atoms with van der Waals surface area (Å²) < 4.78 is 52.1. The highest BCUT2D eigenvalue weighted by Gasteiger charge is 2.24. The molecule has 0 radical (unpaired) electrons. The van der Waals surface area contributed by atoms with Crippen LogP contribution in [0.4, 0.5) is 13.9 Å². The Labute approximate surface area is 204 Å². The molecule has 180 valence electrons. The van der Waals surface area contributed by atoms with Crippen LogP contribution >= 0.6 is 22.9 Å². The second-order valence-electron chi connectivity index (χ2n) is 7.29. The third-order valence-electron chi connectivity index (χ3n) is 4.62. The molecule has 3 rings (SSSR count). The predicted molar refractivity (Wildman–Crippen MR) is 125 cm³/mol. The molecule has 0 bridgehead atoms. The molecule has 2 N–H and O–H groups in total. The lowest BCUT2D eigenvalue weighted by molar-refractivity contribution is -0.126. The molecule has 0 fully saturated rings. The highest BCUT2D eigenvalue weighted by molar-refractivity contribution is 7.93. The molecule has 1 atom stereocenters. The van der Waals surface area contributed by atoms with E-state index in [2.05, 4.69) is 15.6 Å². The van der Waals surface area contributed by atoms with Gasteiger partial charge in [-0.05, 0) is 48.4 Å². The maximum atomic E-state index is 13.4. The van der Waals surface area contributed by atoms with Crippen molar-refractivity contribution in [1.82, 2.24) is 10.3 Å². The second-order valence-corrected chi connectivity index (χ2v) is 10.9. The minimum Gasteiger partial charge on any atom is -0.344 e. The van der Waals surface area contributed by atoms with Crippen LogP contribution in [0, 0.1) is 11.6 Å². The van der Waals surface area contributed by atoms with Crippen LogP contribution in [0.3, 0.4) is 0 Å². The molecular weight excluding hydrogens is 508 g/mol. The van der Waals surface area contributed by atoms with Gasteiger partial charge in [0.2, 0.25) is 21.7 Å². The van der Waals surface area contributed by atoms with Crippen molar-refractivity contribution in [3.8, 4) is 0 Å². The van der Waals surface area contributed by atoms with Crippen molar-refractivity contribution in [2.75, 3.05) is 5.32 Å². The average molecular weight is 528 g/mol. The Bertz CT molecular complexity index is 1280. The third kappa shape index (κ3) is 6.58. The lowest BCUT2D eigenvalue weighted by Crippen LogP contribution is -2.44. The lowest BCUT2D eigenvalue weighted by Gasteiger charge is -2.17. The molecule has 0 aliphatic heterocycles. The van der Waals surface area contributed by atoms with Crippen LogP contribution in [0.25, 0.3) is 0 Å². The number of sulfone groups is 1. The summed E-state index contributed by atoms with van der Waals surface area (Å²) in [5, 5.41) is 5.49. The van der Waals surface area contributed by atoms with E-state index < -0.39 is 39.3 Å². The maximum absolute atomic E-state index is 13.4. The number of carbonyl (C=O) groups is 2. The summed E-state index contributed by atoms with van der Waals surface area (Å²) in [7, 11) is -3.85. The normalized spacial score (nSPS) is 12.2. The number of hydrogen-bond acceptors (Lipinski definition) is 6. The summed E-state index contributed by atoms with van der Waals surface area (Å²) in [6.07, 6.45) is 1.66. The Balaban J connectivity index is 1.68. The molecule has 0 aliphatic rings. The number of nitrogens with one attached hydrogen (secondary N) is 2. The van der Waals surface area contributed by atoms with Gasteiger partial charge in [-0.1, -0.05) is 36.3 Å². The molecule has 1 heterocycles. The standard InChI is InChI=1S/C22H20ClF2N3O4S2/c1-2-3-18(27-19(29)10-13-8-15(24)11-16(25)9-13)21(30)28-22-26-12-20(33-22)34(31,32)17-6-4-14(23)5-7-17/h4-9,11-12,18H,2-3,10H2,1H3,(H,27,29)(H,26,28,30). The topological polar surface area (TPSA) is 105 Å². The van der Waals surface area contributed by atoms with Gasteiger partial charge in [-0.3, -0.25) is 9.59 Å². The summed E-state index contributed by atoms with van der Waals surface area (Å²) in [6.45, 7) is 1.81. The number of anilines is 1. The van der Waals surface area contributed by atoms with E-state index in [1.165, 1.54) is 24.3 Å². The van der Waals surface area contributed by atoms with Crippen molar-refractivity contribution in [1.29, 1.82) is 0 Å². The largest absolute Gasteiger partial charge is 0.344 e. The summed E-state index contributed by atoms with van der Waals surface area (Å²) in [6, 6.07) is 7.47. The number of amides is 2. The first kappa shape index (κ1) is 25.7. The van der Waals surface area contributed by atoms with Crippen LogP contribution in [0.15, 0.2) is 57.8 Å². The SMILES string of the molecule is CCCC(NC(=O)Cc1cc(F)cc(F)c1)C(=O)Nc1ncc(S(=O)(=O)c2ccc(Cl)cc2)s1. The Hall–Kier alpha value is -2.89. The van der Waals surface area contributed by atoms with E-state index >= 15 is 0 Å². The summed E-state index contributed by atoms with van der Waals surface area (Å²) in [5.41, 5.74) is 0.127. The highest BCUT2D eigenvalue weighted by Crippen LogP contribution is 2.29. The van der Waals surface area contributed by atoms with E-state index in [1.807, 2.05) is 6.92 Å². The number of rotatable bonds is 9. The fourth-order valence-electron chi connectivity index (χ4n) is 3.07. The summed E-state index contributed by atoms with van der Waals surface area (Å²) >= 11 is 6.57. The van der Waals surface area contributed by atoms with Gasteiger partial charge in [0.15, 0.2) is 5.13 Å². The van der Waals surface area contributed by atoms with Gasteiger partial charge in [0.05, 0.1) is 17.5 Å². The van der Waals surface area contributed by atoms with Crippen molar-refractivity contribution in [2.24, 2.45) is 0 Å². The van der Waals surface area contributed by atoms with E-state index in [-0.39, 0.29) is 32.6 Å². The Morgan fingerprint density at radius 1 is 1.12 bits per heavy atom. The molecule has 0 aliphatic carbocycles. The molecule has 1 unspecified atom stereocenters. The molecule has 7 nitrogen and oxygen atoms in total. The van der Waals surface area contributed by atoms with Crippen molar-refractivity contribution in [3.63, 3.8) is 0 Å². The molecule has 1 aromatic heterocycles. The van der Waals surface area contributed by atoms with Crippen LogP contribution < -0.4 is 10.6 Å². The van der Waals surface area contributed by atoms with Crippen LogP contribution in [0.5, 0.6) is 0 Å². The minimum absolute atomic E-state index is 0.0309. The third-order valence-corrected chi connectivity index (χ3v) is 8.02. The predicted octanol–water partition coefficient (Wildman–Crippen LogP) is 4.37. The summed E-state index contributed by atoms with van der Waals surface area (Å²) in [4.78, 5) is 29.1. The monoisotopic (exact) mass is 527 g/mol. The first-order valence-electron chi connectivity index (χ1n) is 10.1. The molecule has 0 saturated heterocycles. The zero-order valence-corrected chi connectivity index (χ0v) is 20.2. The van der Waals surface area contributed by atoms with E-state index in [0.717, 1.165) is 29.7 Å². The zero-order chi connectivity index (χ0) is 24.9. The zero-order valence-electron chi connectivity index (χ0n) is 17.8. The molecular formula is C22H20ClF2N3O4S2. The fraction of sp³-hybridized carbons (Fsp3) is 0.227. The Morgan fingerprint density at radius 2 is 1.76 bits per heavy atom. The van der Waals surface area contributed by atoms with E-state index in [1.54, 1.807) is 0 Å². The second kappa shape index (κ2) is 11.0. The number of nitrogens with zero attached hydrogens (tertiary/aromatic N) is 1. The van der Waals surface area contributed by atoms with Gasteiger partial charge >= 0.3 is 0 Å². The maximum Gasteiger partial charge on any atom is 0.248 e. The van der Waals surface area contributed by atoms with Crippen LogP contribution in [0.2, 0.25) is 5.02 Å². The van der Waals surface area contributed by atoms with Crippen molar-refractivity contribution in [3.05, 3.63) is 70.9 Å². The van der Waals surface area contributed by atoms with E-state index in [0.29, 0.717) is 17.5 Å². The van der Waals surface area contributed by atoms with Gasteiger partial charge in [0.1, 0.15) is 21.9 Å². The highest BCUT2D eigenvalue weighted by atomic mass is 35.5. The minimum atomic E-state index is -3.85. The summed E-state index contributed by atoms with van der Waals surface area (Å²) in [5.74, 6) is -2.80. The molecule has 34 heavy (non-hydrogen) atoms. The molecule has 12 heteroatoms. The number of hydrogen-bond donors (Lipinski definition) is 2. The number of carbonyl (C=O) groups excluding carboxylic acids is 2. The van der Waals surface area contributed by atoms with Gasteiger partial charge in [-0.2, -0.15) is 0 Å². The van der Waals surface area contributed by atoms with Crippen LogP contribution in [-0.2, 0) is 25.8 Å². The molecule has 3 aromatic rings. The van der Waals surface area contributed by atoms with Gasteiger partial charge < -0.3 is 10.6 Å². The van der Waals surface area contributed by atoms with Crippen LogP contribution in [0.1, 0.15) is 25.3 Å². The quantitative estimate of drug-likeness (QED) is 0.430. The van der Waals surface area contributed by atoms with Crippen molar-refractivity contribution in [2.45, 2.75) is 41.3 Å². The number of aromatic nitrogens is 1. The molecule has 2 amide bonds. The van der Waals surface area contributed by atoms with E-state index in [9.17, 15) is 26.8 Å². The fourth-order valence-corrected chi connectivity index (χ4v) is 5.63. The number of thiazole rings is 1. The Morgan fingerprint density at radius 3 is 2.38 bits per heavy atom. The average Bonchev–Trinajstić information content (AvgIpc) is 3.22. The Kier molecular flexibility index (Phi) is 8.34. The first-order chi connectivity index (χ1) is 16.1. The van der Waals surface area contributed by atoms with Gasteiger partial charge in [-0.25, -0.2) is 22.2 Å². The van der Waals surface area contributed by atoms with Crippen molar-refractivity contribution < 1.29 is 26.8 Å². The van der Waals surface area contributed by atoms with E-state index in [4.69, 9.17) is 11.6 Å². The van der Waals surface area contributed by atoms with Gasteiger partial charge in [-0.15, -0.1) is 0 Å². The molecule has 0 saturated carbocycles. The molecule has 0 spiro atoms. The van der Waals surface area contributed by atoms with Gasteiger partial charge in [0.25, 0.3) is 0 Å². The number of halogens is 3. The van der Waals surface area contributed by atoms with Gasteiger partial charge in [0, 0.05) is 11.1 Å². The van der Waals surface area contributed by atoms with Crippen LogP contribution in [-0.4, -0.2) is 31.3 Å². The smallest absolute Gasteiger partial charge is 0.248 e. The first-order valence-corrected chi connectivity index (χ1v) is 12.8.